The Kier molecular flexibility index (Phi) is 7.68. The van der Waals surface area contributed by atoms with Gasteiger partial charge in [0.05, 0.1) is 11.6 Å². The Morgan fingerprint density at radius 1 is 0.933 bits per heavy atom. The van der Waals surface area contributed by atoms with Gasteiger partial charge in [-0.2, -0.15) is 0 Å². The summed E-state index contributed by atoms with van der Waals surface area (Å²) >= 11 is 0. The summed E-state index contributed by atoms with van der Waals surface area (Å²) in [5.41, 5.74) is 2.63. The highest BCUT2D eigenvalue weighted by atomic mass is 16.6. The van der Waals surface area contributed by atoms with E-state index in [1.165, 1.54) is 30.5 Å². The van der Waals surface area contributed by atoms with Gasteiger partial charge in [0.1, 0.15) is 5.60 Å². The highest BCUT2D eigenvalue weighted by molar-refractivity contribution is 5.89. The molecule has 0 radical (unpaired) electrons. The first kappa shape index (κ1) is 22.5. The van der Waals surface area contributed by atoms with Crippen molar-refractivity contribution in [1.29, 1.82) is 0 Å². The number of carbonyl (C=O) groups excluding carboxylic acids is 1. The van der Waals surface area contributed by atoms with E-state index in [0.717, 1.165) is 26.2 Å². The maximum absolute atomic E-state index is 12.4. The summed E-state index contributed by atoms with van der Waals surface area (Å²) in [7, 11) is 0. The number of unbranched alkanes of at least 4 members (excludes halogenated alkanes) is 1. The first-order valence-electron chi connectivity index (χ1n) is 11.2. The zero-order valence-corrected chi connectivity index (χ0v) is 18.9. The van der Waals surface area contributed by atoms with Gasteiger partial charge in [-0.3, -0.25) is 4.90 Å². The first-order chi connectivity index (χ1) is 14.4. The third-order valence-corrected chi connectivity index (χ3v) is 5.58. The van der Waals surface area contributed by atoms with Crippen LogP contribution in [0.5, 0.6) is 0 Å². The molecule has 162 valence electrons. The number of rotatable bonds is 7. The minimum Gasteiger partial charge on any atom is -0.456 e. The van der Waals surface area contributed by atoms with E-state index >= 15 is 0 Å². The summed E-state index contributed by atoms with van der Waals surface area (Å²) in [5.74, 6) is -0.269. The molecule has 1 aliphatic heterocycles. The van der Waals surface area contributed by atoms with Crippen LogP contribution in [0, 0.1) is 0 Å². The molecule has 4 nitrogen and oxygen atoms in total. The molecule has 1 aliphatic rings. The second-order valence-corrected chi connectivity index (χ2v) is 9.17. The predicted molar refractivity (Wildman–Crippen MR) is 123 cm³/mol. The smallest absolute Gasteiger partial charge is 0.338 e. The van der Waals surface area contributed by atoms with Crippen LogP contribution >= 0.6 is 0 Å². The highest BCUT2D eigenvalue weighted by Crippen LogP contribution is 2.30. The zero-order valence-electron chi connectivity index (χ0n) is 18.9. The molecular weight excluding hydrogens is 372 g/mol. The molecule has 0 amide bonds. The van der Waals surface area contributed by atoms with E-state index in [4.69, 9.17) is 4.74 Å². The van der Waals surface area contributed by atoms with E-state index in [2.05, 4.69) is 59.2 Å². The molecule has 30 heavy (non-hydrogen) atoms. The standard InChI is InChI=1S/C26H36N2O2/c1-5-6-16-27-17-19-28(20-18-27)24(21-10-8-7-9-11-21)22-12-14-23(15-13-22)25(29)30-26(2,3)4/h7-15,24H,5-6,16-20H2,1-4H3. The molecule has 0 saturated carbocycles. The van der Waals surface area contributed by atoms with Crippen molar-refractivity contribution in [3.63, 3.8) is 0 Å². The number of piperazine rings is 1. The fourth-order valence-electron chi connectivity index (χ4n) is 4.01. The lowest BCUT2D eigenvalue weighted by Gasteiger charge is -2.40. The summed E-state index contributed by atoms with van der Waals surface area (Å²) in [6, 6.07) is 18.9. The predicted octanol–water partition coefficient (Wildman–Crippen LogP) is 5.15. The van der Waals surface area contributed by atoms with Crippen molar-refractivity contribution in [2.24, 2.45) is 0 Å². The van der Waals surface area contributed by atoms with Gasteiger partial charge < -0.3 is 9.64 Å². The number of hydrogen-bond acceptors (Lipinski definition) is 4. The number of benzene rings is 2. The Morgan fingerprint density at radius 3 is 2.10 bits per heavy atom. The molecule has 0 bridgehead atoms. The van der Waals surface area contributed by atoms with Gasteiger partial charge in [0.25, 0.3) is 0 Å². The van der Waals surface area contributed by atoms with Gasteiger partial charge in [0.15, 0.2) is 0 Å². The van der Waals surface area contributed by atoms with Crippen LogP contribution < -0.4 is 0 Å². The van der Waals surface area contributed by atoms with Crippen LogP contribution in [0.4, 0.5) is 0 Å². The summed E-state index contributed by atoms with van der Waals surface area (Å²) < 4.78 is 5.51. The van der Waals surface area contributed by atoms with E-state index in [1.54, 1.807) is 0 Å². The van der Waals surface area contributed by atoms with Crippen molar-refractivity contribution in [3.05, 3.63) is 71.3 Å². The van der Waals surface area contributed by atoms with E-state index in [0.29, 0.717) is 5.56 Å². The third-order valence-electron chi connectivity index (χ3n) is 5.58. The molecule has 1 heterocycles. The Hall–Kier alpha value is -2.17. The molecule has 1 unspecified atom stereocenters. The van der Waals surface area contributed by atoms with Crippen LogP contribution in [0.1, 0.15) is 68.1 Å². The lowest BCUT2D eigenvalue weighted by molar-refractivity contribution is 0.00695. The average molecular weight is 409 g/mol. The molecule has 2 aromatic carbocycles. The lowest BCUT2D eigenvalue weighted by atomic mass is 9.95. The Morgan fingerprint density at radius 2 is 1.53 bits per heavy atom. The van der Waals surface area contributed by atoms with Gasteiger partial charge in [0.2, 0.25) is 0 Å². The minimum absolute atomic E-state index is 0.201. The van der Waals surface area contributed by atoms with E-state index in [-0.39, 0.29) is 12.0 Å². The van der Waals surface area contributed by atoms with Crippen LogP contribution in [-0.2, 0) is 4.74 Å². The number of hydrogen-bond donors (Lipinski definition) is 0. The molecule has 0 N–H and O–H groups in total. The SMILES string of the molecule is CCCCN1CCN(C(c2ccccc2)c2ccc(C(=O)OC(C)(C)C)cc2)CC1. The lowest BCUT2D eigenvalue weighted by Crippen LogP contribution is -2.48. The van der Waals surface area contributed by atoms with Gasteiger partial charge in [-0.15, -0.1) is 0 Å². The number of carbonyl (C=O) groups is 1. The van der Waals surface area contributed by atoms with Crippen LogP contribution in [0.25, 0.3) is 0 Å². The van der Waals surface area contributed by atoms with E-state index < -0.39 is 5.60 Å². The van der Waals surface area contributed by atoms with Gasteiger partial charge >= 0.3 is 5.97 Å². The molecular formula is C26H36N2O2. The molecule has 0 spiro atoms. The van der Waals surface area contributed by atoms with Gasteiger partial charge in [-0.25, -0.2) is 4.79 Å². The molecule has 1 fully saturated rings. The minimum atomic E-state index is -0.486. The molecule has 3 rings (SSSR count). The second-order valence-electron chi connectivity index (χ2n) is 9.17. The van der Waals surface area contributed by atoms with Crippen molar-refractivity contribution in [1.82, 2.24) is 9.80 Å². The zero-order chi connectivity index (χ0) is 21.6. The Balaban J connectivity index is 1.78. The van der Waals surface area contributed by atoms with Crippen LogP contribution in [0.15, 0.2) is 54.6 Å². The number of nitrogens with zero attached hydrogens (tertiary/aromatic N) is 2. The van der Waals surface area contributed by atoms with Crippen LogP contribution in [0.2, 0.25) is 0 Å². The first-order valence-corrected chi connectivity index (χ1v) is 11.2. The number of esters is 1. The molecule has 1 atom stereocenters. The van der Waals surface area contributed by atoms with Crippen molar-refractivity contribution >= 4 is 5.97 Å². The fourth-order valence-corrected chi connectivity index (χ4v) is 4.01. The van der Waals surface area contributed by atoms with Crippen molar-refractivity contribution in [2.75, 3.05) is 32.7 Å². The van der Waals surface area contributed by atoms with Crippen molar-refractivity contribution in [3.8, 4) is 0 Å². The highest BCUT2D eigenvalue weighted by Gasteiger charge is 2.26. The van der Waals surface area contributed by atoms with E-state index in [1.807, 2.05) is 32.9 Å². The summed E-state index contributed by atoms with van der Waals surface area (Å²) in [6.45, 7) is 13.5. The van der Waals surface area contributed by atoms with Crippen LogP contribution in [-0.4, -0.2) is 54.1 Å². The second kappa shape index (κ2) is 10.2. The third kappa shape index (κ3) is 6.16. The molecule has 0 aliphatic carbocycles. The maximum Gasteiger partial charge on any atom is 0.338 e. The molecule has 2 aromatic rings. The van der Waals surface area contributed by atoms with Gasteiger partial charge in [0, 0.05) is 26.2 Å². The Bertz CT molecular complexity index is 788. The van der Waals surface area contributed by atoms with Crippen molar-refractivity contribution in [2.45, 2.75) is 52.2 Å². The largest absolute Gasteiger partial charge is 0.456 e. The monoisotopic (exact) mass is 408 g/mol. The van der Waals surface area contributed by atoms with Crippen LogP contribution in [0.3, 0.4) is 0 Å². The Labute approximate surface area is 181 Å². The summed E-state index contributed by atoms with van der Waals surface area (Å²) in [6.07, 6.45) is 2.52. The summed E-state index contributed by atoms with van der Waals surface area (Å²) in [4.78, 5) is 17.5. The van der Waals surface area contributed by atoms with E-state index in [9.17, 15) is 4.79 Å². The fraction of sp³-hybridized carbons (Fsp3) is 0.500. The normalized spacial score (nSPS) is 16.9. The molecule has 1 saturated heterocycles. The van der Waals surface area contributed by atoms with Gasteiger partial charge in [-0.1, -0.05) is 55.8 Å². The quantitative estimate of drug-likeness (QED) is 0.593. The van der Waals surface area contributed by atoms with Crippen molar-refractivity contribution < 1.29 is 9.53 Å². The molecule has 4 heteroatoms. The van der Waals surface area contributed by atoms with Gasteiger partial charge in [-0.05, 0) is 57.0 Å². The molecule has 0 aromatic heterocycles. The average Bonchev–Trinajstić information content (AvgIpc) is 2.73. The summed E-state index contributed by atoms with van der Waals surface area (Å²) in [5, 5.41) is 0. The number of ether oxygens (including phenoxy) is 1. The maximum atomic E-state index is 12.4. The topological polar surface area (TPSA) is 32.8 Å².